The second-order valence-corrected chi connectivity index (χ2v) is 8.58. The number of rotatable bonds is 4. The Labute approximate surface area is 184 Å². The molecule has 1 aliphatic heterocycles. The molecular formula is C24H22N4O2S. The number of carbonyl (C=O) groups is 2. The number of nitrogens with zero attached hydrogens (tertiary/aromatic N) is 3. The van der Waals surface area contributed by atoms with Crippen LogP contribution in [0.4, 0.5) is 5.69 Å². The van der Waals surface area contributed by atoms with Gasteiger partial charge in [0.2, 0.25) is 0 Å². The summed E-state index contributed by atoms with van der Waals surface area (Å²) in [5, 5.41) is 4.83. The van der Waals surface area contributed by atoms with Crippen LogP contribution in [0.25, 0.3) is 16.2 Å². The van der Waals surface area contributed by atoms with Gasteiger partial charge in [0.1, 0.15) is 5.69 Å². The van der Waals surface area contributed by atoms with Crippen molar-refractivity contribution in [1.29, 1.82) is 0 Å². The topological polar surface area (TPSA) is 66.7 Å². The molecule has 7 heteroatoms. The van der Waals surface area contributed by atoms with Gasteiger partial charge in [-0.25, -0.2) is 4.98 Å². The molecule has 1 N–H and O–H groups in total. The molecule has 1 fully saturated rings. The maximum atomic E-state index is 12.8. The molecule has 0 radical (unpaired) electrons. The maximum Gasteiger partial charge on any atom is 0.271 e. The summed E-state index contributed by atoms with van der Waals surface area (Å²) in [5.41, 5.74) is 4.74. The SMILES string of the molecule is Cc1ccccc1C(=O)Nc1ccc(-c2cn3c(C(=O)N4CCCC4)csc3n2)cc1. The average Bonchev–Trinajstić information content (AvgIpc) is 3.51. The normalized spacial score (nSPS) is 13.6. The quantitative estimate of drug-likeness (QED) is 0.503. The van der Waals surface area contributed by atoms with E-state index in [1.165, 1.54) is 11.3 Å². The molecule has 0 aliphatic carbocycles. The van der Waals surface area contributed by atoms with Gasteiger partial charge in [0, 0.05) is 41.5 Å². The molecule has 156 valence electrons. The van der Waals surface area contributed by atoms with Gasteiger partial charge >= 0.3 is 0 Å². The van der Waals surface area contributed by atoms with Gasteiger partial charge in [0.25, 0.3) is 11.8 Å². The summed E-state index contributed by atoms with van der Waals surface area (Å²) in [6.07, 6.45) is 4.05. The number of likely N-dealkylation sites (tertiary alicyclic amines) is 1. The summed E-state index contributed by atoms with van der Waals surface area (Å²) in [6.45, 7) is 3.58. The molecule has 0 spiro atoms. The summed E-state index contributed by atoms with van der Waals surface area (Å²) >= 11 is 1.47. The van der Waals surface area contributed by atoms with Crippen LogP contribution < -0.4 is 5.32 Å². The first-order valence-electron chi connectivity index (χ1n) is 10.3. The number of carbonyl (C=O) groups excluding carboxylic acids is 2. The van der Waals surface area contributed by atoms with Crippen LogP contribution in [0.15, 0.2) is 60.1 Å². The number of fused-ring (bicyclic) bond motifs is 1. The summed E-state index contributed by atoms with van der Waals surface area (Å²) in [4.78, 5) is 32.7. The largest absolute Gasteiger partial charge is 0.337 e. The Kier molecular flexibility index (Phi) is 5.03. The summed E-state index contributed by atoms with van der Waals surface area (Å²) in [6, 6.07) is 15.1. The smallest absolute Gasteiger partial charge is 0.271 e. The lowest BCUT2D eigenvalue weighted by Crippen LogP contribution is -2.28. The van der Waals surface area contributed by atoms with Gasteiger partial charge in [-0.05, 0) is 43.5 Å². The van der Waals surface area contributed by atoms with E-state index in [-0.39, 0.29) is 11.8 Å². The fourth-order valence-corrected chi connectivity index (χ4v) is 4.76. The highest BCUT2D eigenvalue weighted by molar-refractivity contribution is 7.15. The Morgan fingerprint density at radius 2 is 1.77 bits per heavy atom. The van der Waals surface area contributed by atoms with Crippen LogP contribution in [0.1, 0.15) is 39.3 Å². The third-order valence-corrected chi connectivity index (χ3v) is 6.49. The van der Waals surface area contributed by atoms with E-state index >= 15 is 0 Å². The highest BCUT2D eigenvalue weighted by atomic mass is 32.1. The van der Waals surface area contributed by atoms with E-state index in [0.717, 1.165) is 53.4 Å². The number of thiazole rings is 1. The van der Waals surface area contributed by atoms with Gasteiger partial charge in [-0.2, -0.15) is 0 Å². The van der Waals surface area contributed by atoms with E-state index < -0.39 is 0 Å². The van der Waals surface area contributed by atoms with Crippen LogP contribution in [0.3, 0.4) is 0 Å². The summed E-state index contributed by atoms with van der Waals surface area (Å²) in [7, 11) is 0. The molecule has 3 heterocycles. The van der Waals surface area contributed by atoms with Crippen LogP contribution in [-0.4, -0.2) is 39.2 Å². The zero-order valence-corrected chi connectivity index (χ0v) is 18.0. The lowest BCUT2D eigenvalue weighted by molar-refractivity contribution is 0.0786. The molecule has 4 aromatic rings. The zero-order valence-electron chi connectivity index (χ0n) is 17.2. The average molecular weight is 431 g/mol. The lowest BCUT2D eigenvalue weighted by Gasteiger charge is -2.13. The van der Waals surface area contributed by atoms with Gasteiger partial charge in [-0.15, -0.1) is 11.3 Å². The number of hydrogen-bond acceptors (Lipinski definition) is 4. The second kappa shape index (κ2) is 8.00. The second-order valence-electron chi connectivity index (χ2n) is 7.75. The van der Waals surface area contributed by atoms with Crippen LogP contribution in [-0.2, 0) is 0 Å². The highest BCUT2D eigenvalue weighted by Crippen LogP contribution is 2.26. The molecule has 2 amide bonds. The monoisotopic (exact) mass is 430 g/mol. The number of aryl methyl sites for hydroxylation is 1. The fourth-order valence-electron chi connectivity index (χ4n) is 3.91. The first-order valence-corrected chi connectivity index (χ1v) is 11.2. The first kappa shape index (κ1) is 19.5. The third kappa shape index (κ3) is 3.72. The van der Waals surface area contributed by atoms with E-state index in [4.69, 9.17) is 0 Å². The molecule has 0 saturated carbocycles. The van der Waals surface area contributed by atoms with Crippen molar-refractivity contribution in [2.24, 2.45) is 0 Å². The van der Waals surface area contributed by atoms with E-state index in [0.29, 0.717) is 11.3 Å². The number of nitrogens with one attached hydrogen (secondary N) is 1. The van der Waals surface area contributed by atoms with Crippen molar-refractivity contribution >= 4 is 33.8 Å². The predicted octanol–water partition coefficient (Wildman–Crippen LogP) is 4.86. The molecule has 5 rings (SSSR count). The Balaban J connectivity index is 1.35. The van der Waals surface area contributed by atoms with Crippen molar-refractivity contribution in [2.45, 2.75) is 19.8 Å². The number of imidazole rings is 1. The minimum absolute atomic E-state index is 0.0713. The third-order valence-electron chi connectivity index (χ3n) is 5.65. The molecule has 0 unspecified atom stereocenters. The summed E-state index contributed by atoms with van der Waals surface area (Å²) < 4.78 is 1.88. The van der Waals surface area contributed by atoms with Gasteiger partial charge in [-0.1, -0.05) is 30.3 Å². The van der Waals surface area contributed by atoms with Gasteiger partial charge < -0.3 is 10.2 Å². The number of aromatic nitrogens is 2. The minimum atomic E-state index is -0.126. The lowest BCUT2D eigenvalue weighted by atomic mass is 10.1. The standard InChI is InChI=1S/C24H22N4O2S/c1-16-6-2-3-7-19(16)22(29)25-18-10-8-17(9-11-18)20-14-28-21(15-31-24(28)26-20)23(30)27-12-4-5-13-27/h2-3,6-11,14-15H,4-5,12-13H2,1H3,(H,25,29). The Morgan fingerprint density at radius 3 is 2.52 bits per heavy atom. The molecule has 0 atom stereocenters. The molecule has 2 aromatic carbocycles. The Morgan fingerprint density at radius 1 is 1.03 bits per heavy atom. The van der Waals surface area contributed by atoms with E-state index in [1.807, 2.05) is 76.3 Å². The number of anilines is 1. The fraction of sp³-hybridized carbons (Fsp3) is 0.208. The van der Waals surface area contributed by atoms with Crippen molar-refractivity contribution in [1.82, 2.24) is 14.3 Å². The molecular weight excluding hydrogens is 408 g/mol. The van der Waals surface area contributed by atoms with Crippen molar-refractivity contribution in [3.05, 3.63) is 76.9 Å². The molecule has 1 aliphatic rings. The number of hydrogen-bond donors (Lipinski definition) is 1. The Hall–Kier alpha value is -3.45. The minimum Gasteiger partial charge on any atom is -0.337 e. The van der Waals surface area contributed by atoms with Crippen LogP contribution in [0.2, 0.25) is 0 Å². The molecule has 31 heavy (non-hydrogen) atoms. The molecule has 6 nitrogen and oxygen atoms in total. The summed E-state index contributed by atoms with van der Waals surface area (Å²) in [5.74, 6) is -0.0552. The van der Waals surface area contributed by atoms with Gasteiger partial charge in [-0.3, -0.25) is 14.0 Å². The molecule has 2 aromatic heterocycles. The van der Waals surface area contributed by atoms with Crippen LogP contribution >= 0.6 is 11.3 Å². The van der Waals surface area contributed by atoms with Crippen molar-refractivity contribution < 1.29 is 9.59 Å². The zero-order chi connectivity index (χ0) is 21.4. The van der Waals surface area contributed by atoms with E-state index in [2.05, 4.69) is 10.3 Å². The van der Waals surface area contributed by atoms with E-state index in [9.17, 15) is 9.59 Å². The van der Waals surface area contributed by atoms with Crippen LogP contribution in [0, 0.1) is 6.92 Å². The van der Waals surface area contributed by atoms with Crippen molar-refractivity contribution in [3.8, 4) is 11.3 Å². The molecule has 1 saturated heterocycles. The van der Waals surface area contributed by atoms with Gasteiger partial charge in [0.05, 0.1) is 5.69 Å². The highest BCUT2D eigenvalue weighted by Gasteiger charge is 2.23. The number of benzene rings is 2. The predicted molar refractivity (Wildman–Crippen MR) is 123 cm³/mol. The van der Waals surface area contributed by atoms with E-state index in [1.54, 1.807) is 0 Å². The van der Waals surface area contributed by atoms with Crippen molar-refractivity contribution in [2.75, 3.05) is 18.4 Å². The molecule has 0 bridgehead atoms. The number of amides is 2. The van der Waals surface area contributed by atoms with Crippen LogP contribution in [0.5, 0.6) is 0 Å². The van der Waals surface area contributed by atoms with Gasteiger partial charge in [0.15, 0.2) is 4.96 Å². The Bertz CT molecular complexity index is 1270. The maximum absolute atomic E-state index is 12.8. The van der Waals surface area contributed by atoms with Crippen molar-refractivity contribution in [3.63, 3.8) is 0 Å². The first-order chi connectivity index (χ1) is 15.1.